The van der Waals surface area contributed by atoms with Crippen LogP contribution in [-0.2, 0) is 4.79 Å². The van der Waals surface area contributed by atoms with Crippen molar-refractivity contribution in [2.24, 2.45) is 16.3 Å². The molecule has 0 saturated heterocycles. The lowest BCUT2D eigenvalue weighted by Gasteiger charge is -2.27. The molecule has 1 amide bonds. The second-order valence-electron chi connectivity index (χ2n) is 5.66. The van der Waals surface area contributed by atoms with Crippen LogP contribution in [0.25, 0.3) is 9.81 Å². The second kappa shape index (κ2) is 5.69. The Kier molecular flexibility index (Phi) is 3.50. The van der Waals surface area contributed by atoms with E-state index in [1.807, 2.05) is 72.8 Å². The van der Waals surface area contributed by atoms with Crippen LogP contribution in [0.15, 0.2) is 77.9 Å². The molecule has 0 bridgehead atoms. The summed E-state index contributed by atoms with van der Waals surface area (Å²) in [5.74, 6) is 0.0526. The number of nitrogens with two attached hydrogens (primary N) is 1. The smallest absolute Gasteiger partial charge is 0.261 e. The van der Waals surface area contributed by atoms with Crippen molar-refractivity contribution in [1.29, 1.82) is 0 Å². The van der Waals surface area contributed by atoms with E-state index in [9.17, 15) is 4.79 Å². The zero-order valence-electron chi connectivity index (χ0n) is 12.8. The molecule has 24 heavy (non-hydrogen) atoms. The maximum absolute atomic E-state index is 12.5. The Hall–Kier alpha value is -2.79. The Balaban J connectivity index is 1.88. The zero-order valence-corrected chi connectivity index (χ0v) is 13.6. The maximum atomic E-state index is 12.5. The standard InChI is InChI=1S/C19H15N3OS/c20-17-19(18(23)22-21-17)11-15(13-7-3-1-4-8-13)24-16(12-19)14-9-5-2-6-10-14/h1-12H,(H2,20,21)(H,22,23). The topological polar surface area (TPSA) is 67.5 Å². The van der Waals surface area contributed by atoms with Gasteiger partial charge in [0.1, 0.15) is 11.3 Å². The molecule has 2 aromatic rings. The number of hydrogen-bond acceptors (Lipinski definition) is 4. The third kappa shape index (κ3) is 2.34. The van der Waals surface area contributed by atoms with Crippen LogP contribution in [0.1, 0.15) is 11.1 Å². The van der Waals surface area contributed by atoms with E-state index >= 15 is 0 Å². The summed E-state index contributed by atoms with van der Waals surface area (Å²) in [5, 5.41) is 3.95. The van der Waals surface area contributed by atoms with E-state index in [0.717, 1.165) is 20.9 Å². The molecule has 3 N–H and O–H groups in total. The number of amides is 1. The number of thioether (sulfide) groups is 1. The number of nitrogens with zero attached hydrogens (tertiary/aromatic N) is 1. The minimum Gasteiger partial charge on any atom is -0.384 e. The molecule has 0 aromatic heterocycles. The molecule has 4 rings (SSSR count). The van der Waals surface area contributed by atoms with Crippen LogP contribution >= 0.6 is 11.8 Å². The van der Waals surface area contributed by atoms with Crippen molar-refractivity contribution >= 4 is 33.3 Å². The molecule has 0 unspecified atom stereocenters. The van der Waals surface area contributed by atoms with Crippen molar-refractivity contribution < 1.29 is 4.79 Å². The van der Waals surface area contributed by atoms with Crippen LogP contribution in [0.2, 0.25) is 0 Å². The van der Waals surface area contributed by atoms with Crippen LogP contribution in [0.5, 0.6) is 0 Å². The van der Waals surface area contributed by atoms with Crippen LogP contribution in [-0.4, -0.2) is 11.7 Å². The lowest BCUT2D eigenvalue weighted by Crippen LogP contribution is -2.39. The van der Waals surface area contributed by atoms with Gasteiger partial charge in [-0.25, -0.2) is 5.43 Å². The summed E-state index contributed by atoms with van der Waals surface area (Å²) in [7, 11) is 0. The molecule has 2 heterocycles. The highest BCUT2D eigenvalue weighted by Crippen LogP contribution is 2.48. The van der Waals surface area contributed by atoms with E-state index in [-0.39, 0.29) is 11.7 Å². The van der Waals surface area contributed by atoms with E-state index in [1.165, 1.54) is 0 Å². The summed E-state index contributed by atoms with van der Waals surface area (Å²) in [6.07, 6.45) is 3.81. The van der Waals surface area contributed by atoms with Crippen molar-refractivity contribution in [3.8, 4) is 0 Å². The second-order valence-corrected chi connectivity index (χ2v) is 6.74. The third-order valence-electron chi connectivity index (χ3n) is 4.13. The largest absolute Gasteiger partial charge is 0.384 e. The Morgan fingerprint density at radius 2 is 1.38 bits per heavy atom. The molecule has 2 aromatic carbocycles. The zero-order chi connectivity index (χ0) is 16.6. The van der Waals surface area contributed by atoms with Gasteiger partial charge in [0, 0.05) is 9.81 Å². The number of benzene rings is 2. The first-order valence-electron chi connectivity index (χ1n) is 7.57. The van der Waals surface area contributed by atoms with Crippen molar-refractivity contribution in [2.45, 2.75) is 0 Å². The van der Waals surface area contributed by atoms with Gasteiger partial charge in [0.25, 0.3) is 5.91 Å². The normalized spacial score (nSPS) is 18.7. The molecule has 0 aliphatic carbocycles. The molecule has 0 atom stereocenters. The van der Waals surface area contributed by atoms with Crippen LogP contribution < -0.4 is 11.2 Å². The SMILES string of the molecule is NC1=NNC(=O)C12C=C(c1ccccc1)SC(c1ccccc1)=C2. The maximum Gasteiger partial charge on any atom is 0.261 e. The molecule has 0 saturated carbocycles. The Bertz CT molecular complexity index is 830. The highest BCUT2D eigenvalue weighted by molar-refractivity contribution is 8.16. The Labute approximate surface area is 144 Å². The molecule has 0 radical (unpaired) electrons. The highest BCUT2D eigenvalue weighted by Gasteiger charge is 2.45. The fourth-order valence-electron chi connectivity index (χ4n) is 2.81. The highest BCUT2D eigenvalue weighted by atomic mass is 32.2. The van der Waals surface area contributed by atoms with Gasteiger partial charge >= 0.3 is 0 Å². The molecular formula is C19H15N3OS. The number of rotatable bonds is 2. The van der Waals surface area contributed by atoms with Crippen molar-refractivity contribution in [3.63, 3.8) is 0 Å². The van der Waals surface area contributed by atoms with Crippen LogP contribution in [0, 0.1) is 5.41 Å². The van der Waals surface area contributed by atoms with E-state index < -0.39 is 5.41 Å². The van der Waals surface area contributed by atoms with Crippen LogP contribution in [0.3, 0.4) is 0 Å². The first kappa shape index (κ1) is 14.8. The van der Waals surface area contributed by atoms with Gasteiger partial charge in [0.15, 0.2) is 0 Å². The Morgan fingerprint density at radius 3 is 1.79 bits per heavy atom. The molecule has 4 nitrogen and oxygen atoms in total. The summed E-state index contributed by atoms with van der Waals surface area (Å²) in [4.78, 5) is 14.5. The number of hydrazone groups is 1. The van der Waals surface area contributed by atoms with Crippen molar-refractivity contribution in [3.05, 3.63) is 83.9 Å². The molecule has 2 aliphatic heterocycles. The van der Waals surface area contributed by atoms with Gasteiger partial charge < -0.3 is 5.73 Å². The number of amidine groups is 1. The molecule has 2 aliphatic rings. The van der Waals surface area contributed by atoms with Gasteiger partial charge in [-0.3, -0.25) is 4.79 Å². The van der Waals surface area contributed by atoms with Crippen molar-refractivity contribution in [2.75, 3.05) is 0 Å². The first-order valence-corrected chi connectivity index (χ1v) is 8.39. The predicted molar refractivity (Wildman–Crippen MR) is 98.6 cm³/mol. The molecule has 5 heteroatoms. The van der Waals surface area contributed by atoms with Gasteiger partial charge in [-0.15, -0.1) is 0 Å². The Morgan fingerprint density at radius 1 is 0.875 bits per heavy atom. The summed E-state index contributed by atoms with van der Waals surface area (Å²) in [6.45, 7) is 0. The monoisotopic (exact) mass is 333 g/mol. The average Bonchev–Trinajstić information content (AvgIpc) is 2.91. The summed E-state index contributed by atoms with van der Waals surface area (Å²) < 4.78 is 0. The third-order valence-corrected chi connectivity index (χ3v) is 5.28. The predicted octanol–water partition coefficient (Wildman–Crippen LogP) is 3.20. The molecule has 0 fully saturated rings. The van der Waals surface area contributed by atoms with E-state index in [1.54, 1.807) is 11.8 Å². The number of nitrogens with one attached hydrogen (secondary N) is 1. The molecule has 1 spiro atoms. The summed E-state index contributed by atoms with van der Waals surface area (Å²) >= 11 is 1.63. The number of hydrogen-bond donors (Lipinski definition) is 2. The average molecular weight is 333 g/mol. The van der Waals surface area contributed by atoms with E-state index in [4.69, 9.17) is 5.73 Å². The quantitative estimate of drug-likeness (QED) is 0.887. The summed E-state index contributed by atoms with van der Waals surface area (Å²) in [6, 6.07) is 20.0. The van der Waals surface area contributed by atoms with Gasteiger partial charge in [-0.2, -0.15) is 5.10 Å². The van der Waals surface area contributed by atoms with Gasteiger partial charge in [-0.05, 0) is 23.3 Å². The lowest BCUT2D eigenvalue weighted by molar-refractivity contribution is -0.123. The van der Waals surface area contributed by atoms with Crippen molar-refractivity contribution in [1.82, 2.24) is 5.43 Å². The van der Waals surface area contributed by atoms with Crippen LogP contribution in [0.4, 0.5) is 0 Å². The van der Waals surface area contributed by atoms with E-state index in [0.29, 0.717) is 0 Å². The van der Waals surface area contributed by atoms with Gasteiger partial charge in [0.2, 0.25) is 0 Å². The molecular weight excluding hydrogens is 318 g/mol. The summed E-state index contributed by atoms with van der Waals surface area (Å²) in [5.41, 5.74) is 9.66. The minimum atomic E-state index is -1.03. The molecule has 118 valence electrons. The minimum absolute atomic E-state index is 0.220. The van der Waals surface area contributed by atoms with Gasteiger partial charge in [0.05, 0.1) is 0 Å². The number of carbonyl (C=O) groups excluding carboxylic acids is 1. The lowest BCUT2D eigenvalue weighted by atomic mass is 9.84. The first-order chi connectivity index (χ1) is 11.7. The fourth-order valence-corrected chi connectivity index (χ4v) is 4.05. The fraction of sp³-hybridized carbons (Fsp3) is 0.0526. The van der Waals surface area contributed by atoms with E-state index in [2.05, 4.69) is 10.5 Å². The number of carbonyl (C=O) groups is 1. The van der Waals surface area contributed by atoms with Gasteiger partial charge in [-0.1, -0.05) is 72.4 Å².